The van der Waals surface area contributed by atoms with E-state index in [2.05, 4.69) is 30.0 Å². The van der Waals surface area contributed by atoms with E-state index in [1.165, 1.54) is 3.97 Å². The summed E-state index contributed by atoms with van der Waals surface area (Å²) in [6, 6.07) is 15.2. The van der Waals surface area contributed by atoms with Crippen LogP contribution in [0.25, 0.3) is 11.2 Å². The number of anilines is 1. The minimum absolute atomic E-state index is 0.279. The number of methoxy groups -OCH3 is 1. The Morgan fingerprint density at radius 2 is 1.91 bits per heavy atom. The first kappa shape index (κ1) is 22.2. The molecule has 0 unspecified atom stereocenters. The summed E-state index contributed by atoms with van der Waals surface area (Å²) in [5.74, 6) is 2.05. The highest BCUT2D eigenvalue weighted by Crippen LogP contribution is 2.23. The number of fused-ring (bicyclic) bond motifs is 1. The number of ether oxygens (including phenoxy) is 1. The number of hydrogen-bond acceptors (Lipinski definition) is 6. The second-order valence-electron chi connectivity index (χ2n) is 7.42. The van der Waals surface area contributed by atoms with Gasteiger partial charge < -0.3 is 10.1 Å². The van der Waals surface area contributed by atoms with E-state index in [-0.39, 0.29) is 5.69 Å². The molecule has 0 atom stereocenters. The topological polar surface area (TPSA) is 74.0 Å². The number of thiol groups is 1. The molecule has 166 valence electrons. The van der Waals surface area contributed by atoms with Crippen LogP contribution in [-0.2, 0) is 19.5 Å². The van der Waals surface area contributed by atoms with Crippen molar-refractivity contribution in [1.29, 1.82) is 0 Å². The monoisotopic (exact) mass is 469 g/mol. The van der Waals surface area contributed by atoms with Crippen LogP contribution in [0.15, 0.2) is 53.3 Å². The third-order valence-corrected chi connectivity index (χ3v) is 5.72. The van der Waals surface area contributed by atoms with Crippen LogP contribution in [0.3, 0.4) is 0 Å². The van der Waals surface area contributed by atoms with Crippen molar-refractivity contribution >= 4 is 41.4 Å². The van der Waals surface area contributed by atoms with Gasteiger partial charge in [-0.15, -0.1) is 0 Å². The van der Waals surface area contributed by atoms with Gasteiger partial charge in [0.05, 0.1) is 13.7 Å². The van der Waals surface area contributed by atoms with Gasteiger partial charge in [0.1, 0.15) is 17.1 Å². The summed E-state index contributed by atoms with van der Waals surface area (Å²) in [5.41, 5.74) is 2.78. The number of imidazole rings is 1. The molecule has 0 aliphatic rings. The lowest BCUT2D eigenvalue weighted by Gasteiger charge is -2.10. The van der Waals surface area contributed by atoms with Crippen LogP contribution in [0.1, 0.15) is 30.3 Å². The van der Waals surface area contributed by atoms with Gasteiger partial charge in [-0.25, -0.2) is 18.7 Å². The fourth-order valence-electron chi connectivity index (χ4n) is 3.52. The van der Waals surface area contributed by atoms with Crippen molar-refractivity contribution in [2.45, 2.75) is 32.9 Å². The lowest BCUT2D eigenvalue weighted by Crippen LogP contribution is -2.21. The molecule has 0 aliphatic carbocycles. The first-order valence-electron chi connectivity index (χ1n) is 10.3. The van der Waals surface area contributed by atoms with Crippen molar-refractivity contribution in [3.05, 3.63) is 81.0 Å². The number of aromatic nitrogens is 4. The van der Waals surface area contributed by atoms with Gasteiger partial charge in [0.2, 0.25) is 0 Å². The number of halogens is 1. The Kier molecular flexibility index (Phi) is 6.72. The minimum atomic E-state index is -0.279. The van der Waals surface area contributed by atoms with Crippen molar-refractivity contribution < 1.29 is 4.74 Å². The smallest absolute Gasteiger partial charge is 0.340 e. The van der Waals surface area contributed by atoms with E-state index < -0.39 is 0 Å². The molecule has 0 saturated carbocycles. The zero-order chi connectivity index (χ0) is 22.7. The highest BCUT2D eigenvalue weighted by atomic mass is 35.5. The normalized spacial score (nSPS) is 11.1. The maximum Gasteiger partial charge on any atom is 0.340 e. The third-order valence-electron chi connectivity index (χ3n) is 5.11. The van der Waals surface area contributed by atoms with Gasteiger partial charge in [0.25, 0.3) is 0 Å². The average molecular weight is 470 g/mol. The number of hydrogen-bond donors (Lipinski definition) is 2. The first-order chi connectivity index (χ1) is 15.5. The number of benzene rings is 2. The van der Waals surface area contributed by atoms with Crippen molar-refractivity contribution in [2.75, 3.05) is 12.4 Å². The molecule has 0 bridgehead atoms. The molecule has 4 aromatic rings. The lowest BCUT2D eigenvalue weighted by atomic mass is 10.2. The summed E-state index contributed by atoms with van der Waals surface area (Å²) >= 11 is 10.6. The van der Waals surface area contributed by atoms with Gasteiger partial charge in [0, 0.05) is 18.0 Å². The lowest BCUT2D eigenvalue weighted by molar-refractivity contribution is 0.414. The Labute approximate surface area is 196 Å². The number of rotatable bonds is 8. The van der Waals surface area contributed by atoms with Crippen LogP contribution in [0.4, 0.5) is 5.82 Å². The van der Waals surface area contributed by atoms with Crippen LogP contribution in [-0.4, -0.2) is 25.6 Å². The highest BCUT2D eigenvalue weighted by molar-refractivity contribution is 7.78. The van der Waals surface area contributed by atoms with Gasteiger partial charge >= 0.3 is 5.69 Å². The zero-order valence-electron chi connectivity index (χ0n) is 17.9. The van der Waals surface area contributed by atoms with Crippen LogP contribution >= 0.6 is 24.4 Å². The second kappa shape index (κ2) is 9.67. The van der Waals surface area contributed by atoms with Crippen LogP contribution in [0, 0.1) is 0 Å². The third kappa shape index (κ3) is 4.61. The van der Waals surface area contributed by atoms with Gasteiger partial charge in [-0.3, -0.25) is 4.57 Å². The molecule has 0 saturated heterocycles. The van der Waals surface area contributed by atoms with E-state index in [1.807, 2.05) is 42.5 Å². The zero-order valence-corrected chi connectivity index (χ0v) is 19.5. The fourth-order valence-corrected chi connectivity index (χ4v) is 4.03. The summed E-state index contributed by atoms with van der Waals surface area (Å²) in [7, 11) is 1.64. The summed E-state index contributed by atoms with van der Waals surface area (Å²) < 4.78 is 8.12. The fraction of sp³-hybridized carbons (Fsp3) is 0.261. The summed E-state index contributed by atoms with van der Waals surface area (Å²) in [4.78, 5) is 22.4. The molecule has 0 spiro atoms. The molecule has 2 aromatic heterocycles. The first-order valence-corrected chi connectivity index (χ1v) is 11.1. The van der Waals surface area contributed by atoms with Crippen molar-refractivity contribution in [1.82, 2.24) is 18.5 Å². The summed E-state index contributed by atoms with van der Waals surface area (Å²) in [6.45, 7) is 2.94. The molecule has 0 radical (unpaired) electrons. The Balaban J connectivity index is 1.75. The van der Waals surface area contributed by atoms with Crippen LogP contribution in [0.5, 0.6) is 5.75 Å². The van der Waals surface area contributed by atoms with Gasteiger partial charge in [0.15, 0.2) is 11.5 Å². The SMILES string of the molecule is CCCc1nc(NCc2ccc(OC)cc2)c2c(n1)n(Cc1cccc(Cl)c1)c(=O)n2S. The minimum Gasteiger partial charge on any atom is -0.497 e. The molecule has 1 N–H and O–H groups in total. The molecular formula is C23H24ClN5O2S. The standard InChI is InChI=1S/C23H24ClN5O2S/c1-3-5-19-26-21(25-13-15-8-10-18(31-2)11-9-15)20-22(27-19)28(23(30)29(20)32)14-16-6-4-7-17(24)12-16/h4,6-12,32H,3,5,13-14H2,1-2H3,(H,25,26,27). The van der Waals surface area contributed by atoms with Crippen LogP contribution < -0.4 is 15.7 Å². The molecule has 2 heterocycles. The molecule has 9 heteroatoms. The molecule has 2 aromatic carbocycles. The van der Waals surface area contributed by atoms with E-state index in [0.717, 1.165) is 23.3 Å². The summed E-state index contributed by atoms with van der Waals surface area (Å²) in [5, 5.41) is 3.98. The van der Waals surface area contributed by atoms with Crippen LogP contribution in [0.2, 0.25) is 5.02 Å². The Hall–Kier alpha value is -2.97. The Morgan fingerprint density at radius 1 is 1.12 bits per heavy atom. The molecular weight excluding hydrogens is 446 g/mol. The van der Waals surface area contributed by atoms with Gasteiger partial charge in [-0.05, 0) is 41.8 Å². The van der Waals surface area contributed by atoms with E-state index in [0.29, 0.717) is 47.3 Å². The number of nitrogens with one attached hydrogen (secondary N) is 1. The predicted octanol–water partition coefficient (Wildman–Crippen LogP) is 4.56. The molecule has 0 fully saturated rings. The van der Waals surface area contributed by atoms with Crippen molar-refractivity contribution in [3.8, 4) is 5.75 Å². The van der Waals surface area contributed by atoms with E-state index in [1.54, 1.807) is 17.7 Å². The quantitative estimate of drug-likeness (QED) is 0.370. The Morgan fingerprint density at radius 3 is 2.59 bits per heavy atom. The maximum absolute atomic E-state index is 13.1. The highest BCUT2D eigenvalue weighted by Gasteiger charge is 2.19. The molecule has 32 heavy (non-hydrogen) atoms. The van der Waals surface area contributed by atoms with Crippen molar-refractivity contribution in [3.63, 3.8) is 0 Å². The molecule has 4 rings (SSSR count). The number of nitrogens with zero attached hydrogens (tertiary/aromatic N) is 4. The molecule has 0 amide bonds. The second-order valence-corrected chi connectivity index (χ2v) is 8.26. The maximum atomic E-state index is 13.1. The largest absolute Gasteiger partial charge is 0.497 e. The van der Waals surface area contributed by atoms with Gasteiger partial charge in [-0.2, -0.15) is 0 Å². The van der Waals surface area contributed by atoms with Crippen molar-refractivity contribution in [2.24, 2.45) is 0 Å². The predicted molar refractivity (Wildman–Crippen MR) is 131 cm³/mol. The number of aryl methyl sites for hydroxylation is 1. The van der Waals surface area contributed by atoms with Gasteiger partial charge in [-0.1, -0.05) is 55.6 Å². The van der Waals surface area contributed by atoms with E-state index >= 15 is 0 Å². The molecule has 7 nitrogen and oxygen atoms in total. The summed E-state index contributed by atoms with van der Waals surface area (Å²) in [6.07, 6.45) is 1.60. The average Bonchev–Trinajstić information content (AvgIpc) is 3.03. The van der Waals surface area contributed by atoms with E-state index in [9.17, 15) is 4.79 Å². The Bertz CT molecular complexity index is 1300. The molecule has 0 aliphatic heterocycles. The van der Waals surface area contributed by atoms with E-state index in [4.69, 9.17) is 21.3 Å².